The molecule has 2 saturated carbocycles. The number of aryl methyl sites for hydroxylation is 1. The lowest BCUT2D eigenvalue weighted by Crippen LogP contribution is -2.21. The summed E-state index contributed by atoms with van der Waals surface area (Å²) in [5.41, 5.74) is 1.13. The van der Waals surface area contributed by atoms with Gasteiger partial charge in [0.05, 0.1) is 0 Å². The van der Waals surface area contributed by atoms with Gasteiger partial charge < -0.3 is 10.6 Å². The van der Waals surface area contributed by atoms with Gasteiger partial charge in [-0.1, -0.05) is 6.42 Å². The van der Waals surface area contributed by atoms with Crippen LogP contribution < -0.4 is 10.6 Å². The fourth-order valence-electron chi connectivity index (χ4n) is 3.72. The molecule has 2 N–H and O–H groups in total. The van der Waals surface area contributed by atoms with Crippen molar-refractivity contribution < 1.29 is 0 Å². The summed E-state index contributed by atoms with van der Waals surface area (Å²) in [7, 11) is 0. The molecule has 4 nitrogen and oxygen atoms in total. The Morgan fingerprint density at radius 1 is 1.26 bits per heavy atom. The van der Waals surface area contributed by atoms with E-state index in [9.17, 15) is 0 Å². The van der Waals surface area contributed by atoms with Crippen molar-refractivity contribution in [2.75, 3.05) is 23.7 Å². The van der Waals surface area contributed by atoms with Crippen LogP contribution in [0.1, 0.15) is 38.2 Å². The van der Waals surface area contributed by atoms with Crippen molar-refractivity contribution in [1.29, 1.82) is 0 Å². The summed E-state index contributed by atoms with van der Waals surface area (Å²) in [6.45, 7) is 6.06. The molecule has 0 radical (unpaired) electrons. The molecule has 2 aliphatic carbocycles. The SMILES string of the molecule is CCNc1ncc(C)c(NCC2CC3CCC2C3)n1. The second-order valence-electron chi connectivity index (χ2n) is 6.07. The number of rotatable bonds is 5. The standard InChI is InChI=1S/C15H24N4/c1-3-16-15-18-8-10(2)14(19-15)17-9-13-7-11-4-5-12(13)6-11/h8,11-13H,3-7,9H2,1-2H3,(H2,16,17,18,19). The van der Waals surface area contributed by atoms with E-state index in [1.165, 1.54) is 25.7 Å². The highest BCUT2D eigenvalue weighted by atomic mass is 15.1. The minimum Gasteiger partial charge on any atom is -0.369 e. The van der Waals surface area contributed by atoms with Gasteiger partial charge in [-0.3, -0.25) is 0 Å². The number of aromatic nitrogens is 2. The minimum absolute atomic E-state index is 0.726. The Morgan fingerprint density at radius 2 is 2.16 bits per heavy atom. The second-order valence-corrected chi connectivity index (χ2v) is 6.07. The Balaban J connectivity index is 1.61. The Kier molecular flexibility index (Phi) is 3.58. The predicted octanol–water partition coefficient (Wildman–Crippen LogP) is 3.06. The number of fused-ring (bicyclic) bond motifs is 2. The van der Waals surface area contributed by atoms with Crippen LogP contribution in [0.4, 0.5) is 11.8 Å². The monoisotopic (exact) mass is 260 g/mol. The molecule has 3 unspecified atom stereocenters. The van der Waals surface area contributed by atoms with Gasteiger partial charge >= 0.3 is 0 Å². The molecular weight excluding hydrogens is 236 g/mol. The zero-order chi connectivity index (χ0) is 13.2. The third kappa shape index (κ3) is 2.67. The van der Waals surface area contributed by atoms with Crippen molar-refractivity contribution in [2.24, 2.45) is 17.8 Å². The number of anilines is 2. The second kappa shape index (κ2) is 5.35. The van der Waals surface area contributed by atoms with Crippen LogP contribution in [0.2, 0.25) is 0 Å². The van der Waals surface area contributed by atoms with Crippen LogP contribution in [0.5, 0.6) is 0 Å². The van der Waals surface area contributed by atoms with Gasteiger partial charge in [0.25, 0.3) is 0 Å². The van der Waals surface area contributed by atoms with Crippen molar-refractivity contribution >= 4 is 11.8 Å². The highest BCUT2D eigenvalue weighted by Crippen LogP contribution is 2.48. The molecule has 1 aromatic rings. The smallest absolute Gasteiger partial charge is 0.224 e. The van der Waals surface area contributed by atoms with Crippen molar-refractivity contribution in [3.05, 3.63) is 11.8 Å². The fourth-order valence-corrected chi connectivity index (χ4v) is 3.72. The summed E-state index contributed by atoms with van der Waals surface area (Å²) in [6.07, 6.45) is 7.70. The highest BCUT2D eigenvalue weighted by Gasteiger charge is 2.39. The zero-order valence-corrected chi connectivity index (χ0v) is 11.9. The van der Waals surface area contributed by atoms with Crippen LogP contribution in [0.15, 0.2) is 6.20 Å². The third-order valence-corrected chi connectivity index (χ3v) is 4.72. The lowest BCUT2D eigenvalue weighted by atomic mass is 9.89. The first kappa shape index (κ1) is 12.7. The largest absolute Gasteiger partial charge is 0.369 e. The van der Waals surface area contributed by atoms with Gasteiger partial charge in [0.2, 0.25) is 5.95 Å². The molecule has 0 spiro atoms. The van der Waals surface area contributed by atoms with E-state index in [1.807, 2.05) is 6.20 Å². The normalized spacial score (nSPS) is 28.6. The molecule has 104 valence electrons. The first-order valence-electron chi connectivity index (χ1n) is 7.57. The molecule has 3 rings (SSSR count). The molecular formula is C15H24N4. The maximum Gasteiger partial charge on any atom is 0.224 e. The minimum atomic E-state index is 0.726. The van der Waals surface area contributed by atoms with E-state index in [0.717, 1.165) is 48.2 Å². The number of nitrogens with zero attached hydrogens (tertiary/aromatic N) is 2. The van der Waals surface area contributed by atoms with Crippen LogP contribution in [0, 0.1) is 24.7 Å². The summed E-state index contributed by atoms with van der Waals surface area (Å²) in [5.74, 6) is 4.56. The summed E-state index contributed by atoms with van der Waals surface area (Å²) < 4.78 is 0. The van der Waals surface area contributed by atoms with Crippen molar-refractivity contribution in [3.63, 3.8) is 0 Å². The van der Waals surface area contributed by atoms with E-state index in [2.05, 4.69) is 34.4 Å². The van der Waals surface area contributed by atoms with Crippen LogP contribution in [0.25, 0.3) is 0 Å². The van der Waals surface area contributed by atoms with E-state index in [0.29, 0.717) is 0 Å². The highest BCUT2D eigenvalue weighted by molar-refractivity contribution is 5.46. The van der Waals surface area contributed by atoms with Crippen LogP contribution in [-0.2, 0) is 0 Å². The molecule has 4 heteroatoms. The number of nitrogens with one attached hydrogen (secondary N) is 2. The van der Waals surface area contributed by atoms with Gasteiger partial charge in [-0.15, -0.1) is 0 Å². The van der Waals surface area contributed by atoms with Gasteiger partial charge in [0, 0.05) is 24.8 Å². The Morgan fingerprint density at radius 3 is 2.84 bits per heavy atom. The molecule has 0 aromatic carbocycles. The van der Waals surface area contributed by atoms with Gasteiger partial charge in [0.15, 0.2) is 0 Å². The maximum atomic E-state index is 4.55. The molecule has 19 heavy (non-hydrogen) atoms. The number of hydrogen-bond donors (Lipinski definition) is 2. The number of hydrogen-bond acceptors (Lipinski definition) is 4. The predicted molar refractivity (Wildman–Crippen MR) is 78.4 cm³/mol. The van der Waals surface area contributed by atoms with Crippen molar-refractivity contribution in [1.82, 2.24) is 9.97 Å². The Hall–Kier alpha value is -1.32. The molecule has 0 amide bonds. The molecule has 2 bridgehead atoms. The van der Waals surface area contributed by atoms with Gasteiger partial charge in [0.1, 0.15) is 5.82 Å². The molecule has 2 aliphatic rings. The average Bonchev–Trinajstić information content (AvgIpc) is 3.02. The van der Waals surface area contributed by atoms with E-state index in [-0.39, 0.29) is 0 Å². The van der Waals surface area contributed by atoms with Crippen LogP contribution in [-0.4, -0.2) is 23.1 Å². The van der Waals surface area contributed by atoms with Crippen molar-refractivity contribution in [3.8, 4) is 0 Å². The molecule has 3 atom stereocenters. The quantitative estimate of drug-likeness (QED) is 0.854. The maximum absolute atomic E-state index is 4.55. The molecule has 0 aliphatic heterocycles. The topological polar surface area (TPSA) is 49.8 Å². The van der Waals surface area contributed by atoms with Crippen LogP contribution >= 0.6 is 0 Å². The first-order valence-corrected chi connectivity index (χ1v) is 7.57. The van der Waals surface area contributed by atoms with Crippen LogP contribution in [0.3, 0.4) is 0 Å². The first-order chi connectivity index (χ1) is 9.26. The van der Waals surface area contributed by atoms with Gasteiger partial charge in [-0.25, -0.2) is 4.98 Å². The third-order valence-electron chi connectivity index (χ3n) is 4.72. The van der Waals surface area contributed by atoms with E-state index in [1.54, 1.807) is 0 Å². The molecule has 2 fully saturated rings. The lowest BCUT2D eigenvalue weighted by Gasteiger charge is -2.22. The van der Waals surface area contributed by atoms with Crippen molar-refractivity contribution in [2.45, 2.75) is 39.5 Å². The van der Waals surface area contributed by atoms with E-state index in [4.69, 9.17) is 0 Å². The van der Waals surface area contributed by atoms with E-state index < -0.39 is 0 Å². The molecule has 1 aromatic heterocycles. The summed E-state index contributed by atoms with van der Waals surface area (Å²) >= 11 is 0. The molecule has 0 saturated heterocycles. The fraction of sp³-hybridized carbons (Fsp3) is 0.733. The molecule has 1 heterocycles. The van der Waals surface area contributed by atoms with Gasteiger partial charge in [-0.05, 0) is 50.9 Å². The average molecular weight is 260 g/mol. The lowest BCUT2D eigenvalue weighted by molar-refractivity contribution is 0.348. The summed E-state index contributed by atoms with van der Waals surface area (Å²) in [4.78, 5) is 8.84. The zero-order valence-electron chi connectivity index (χ0n) is 11.9. The Bertz CT molecular complexity index is 446. The van der Waals surface area contributed by atoms with E-state index >= 15 is 0 Å². The Labute approximate surface area is 115 Å². The summed E-state index contributed by atoms with van der Waals surface area (Å²) in [6, 6.07) is 0. The van der Waals surface area contributed by atoms with Gasteiger partial charge in [-0.2, -0.15) is 4.98 Å². The summed E-state index contributed by atoms with van der Waals surface area (Å²) in [5, 5.41) is 6.72.